The highest BCUT2D eigenvalue weighted by molar-refractivity contribution is 6.20. The molecular formula is C10H9ClFN3O. The van der Waals surface area contributed by atoms with Crippen molar-refractivity contribution in [3.63, 3.8) is 0 Å². The molecule has 84 valence electrons. The van der Waals surface area contributed by atoms with E-state index in [1.165, 1.54) is 6.07 Å². The molecule has 4 nitrogen and oxygen atoms in total. The van der Waals surface area contributed by atoms with Crippen molar-refractivity contribution in [1.82, 2.24) is 10.2 Å². The number of halogens is 2. The van der Waals surface area contributed by atoms with Gasteiger partial charge in [-0.2, -0.15) is 0 Å². The van der Waals surface area contributed by atoms with E-state index in [2.05, 4.69) is 15.5 Å². The van der Waals surface area contributed by atoms with Gasteiger partial charge in [0, 0.05) is 0 Å². The zero-order valence-electron chi connectivity index (χ0n) is 8.45. The zero-order chi connectivity index (χ0) is 11.5. The maximum atomic E-state index is 13.3. The third-order valence-corrected chi connectivity index (χ3v) is 2.08. The second-order valence-corrected chi connectivity index (χ2v) is 3.82. The summed E-state index contributed by atoms with van der Waals surface area (Å²) in [7, 11) is 0. The van der Waals surface area contributed by atoms with Gasteiger partial charge in [-0.3, -0.25) is 0 Å². The molecule has 1 heterocycles. The largest absolute Gasteiger partial charge is 0.406 e. The lowest BCUT2D eigenvalue weighted by Crippen LogP contribution is -1.93. The maximum Gasteiger partial charge on any atom is 0.320 e. The van der Waals surface area contributed by atoms with Crippen LogP contribution < -0.4 is 5.32 Å². The molecule has 1 N–H and O–H groups in total. The van der Waals surface area contributed by atoms with Gasteiger partial charge < -0.3 is 9.73 Å². The number of nitrogens with zero attached hydrogens (tertiary/aromatic N) is 2. The van der Waals surface area contributed by atoms with Gasteiger partial charge in [-0.25, -0.2) is 4.39 Å². The van der Waals surface area contributed by atoms with Gasteiger partial charge in [-0.15, -0.1) is 16.7 Å². The molecule has 0 bridgehead atoms. The van der Waals surface area contributed by atoms with Crippen molar-refractivity contribution in [2.45, 2.75) is 12.3 Å². The molecule has 0 radical (unpaired) electrons. The first-order chi connectivity index (χ1) is 7.66. The number of rotatable bonds is 3. The van der Waals surface area contributed by atoms with Crippen molar-refractivity contribution < 1.29 is 8.81 Å². The lowest BCUT2D eigenvalue weighted by atomic mass is 10.3. The van der Waals surface area contributed by atoms with E-state index >= 15 is 0 Å². The normalized spacial score (nSPS) is 12.4. The minimum Gasteiger partial charge on any atom is -0.406 e. The van der Waals surface area contributed by atoms with Crippen LogP contribution in [0.25, 0.3) is 0 Å². The standard InChI is InChI=1S/C10H9ClFN3O/c1-6(11)9-14-15-10(16-9)13-8-5-3-2-4-7(8)12/h2-6H,1H3,(H,13,15). The highest BCUT2D eigenvalue weighted by Gasteiger charge is 2.11. The third kappa shape index (κ3) is 2.30. The molecular weight excluding hydrogens is 233 g/mol. The molecule has 16 heavy (non-hydrogen) atoms. The Bertz CT molecular complexity index is 486. The fourth-order valence-electron chi connectivity index (χ4n) is 1.12. The van der Waals surface area contributed by atoms with Crippen LogP contribution in [0.2, 0.25) is 0 Å². The molecule has 0 aliphatic heterocycles. The Morgan fingerprint density at radius 1 is 1.38 bits per heavy atom. The summed E-state index contributed by atoms with van der Waals surface area (Å²) in [5, 5.41) is 9.70. The van der Waals surface area contributed by atoms with E-state index in [1.807, 2.05) is 0 Å². The van der Waals surface area contributed by atoms with Crippen molar-refractivity contribution in [1.29, 1.82) is 0 Å². The summed E-state index contributed by atoms with van der Waals surface area (Å²) in [6, 6.07) is 6.33. The number of anilines is 2. The summed E-state index contributed by atoms with van der Waals surface area (Å²) in [5.74, 6) is -0.0957. The van der Waals surface area contributed by atoms with Crippen LogP contribution in [0.15, 0.2) is 28.7 Å². The first kappa shape index (κ1) is 10.9. The number of nitrogens with one attached hydrogen (secondary N) is 1. The molecule has 0 aliphatic rings. The van der Waals surface area contributed by atoms with Crippen LogP contribution >= 0.6 is 11.6 Å². The molecule has 0 fully saturated rings. The smallest absolute Gasteiger partial charge is 0.320 e. The van der Waals surface area contributed by atoms with Crippen molar-refractivity contribution >= 4 is 23.3 Å². The fourth-order valence-corrected chi connectivity index (χ4v) is 1.21. The van der Waals surface area contributed by atoms with Crippen LogP contribution in [0.5, 0.6) is 0 Å². The first-order valence-electron chi connectivity index (χ1n) is 4.66. The second-order valence-electron chi connectivity index (χ2n) is 3.17. The minimum atomic E-state index is -0.388. The number of hydrogen-bond donors (Lipinski definition) is 1. The van der Waals surface area contributed by atoms with E-state index in [9.17, 15) is 4.39 Å². The van der Waals surface area contributed by atoms with Gasteiger partial charge in [0.1, 0.15) is 11.2 Å². The van der Waals surface area contributed by atoms with Crippen molar-refractivity contribution in [3.05, 3.63) is 36.0 Å². The van der Waals surface area contributed by atoms with E-state index in [4.69, 9.17) is 16.0 Å². The van der Waals surface area contributed by atoms with Crippen molar-refractivity contribution in [3.8, 4) is 0 Å². The summed E-state index contributed by atoms with van der Waals surface area (Å²) in [6.07, 6.45) is 0. The van der Waals surface area contributed by atoms with Gasteiger partial charge in [-0.1, -0.05) is 17.2 Å². The van der Waals surface area contributed by atoms with Gasteiger partial charge in [-0.05, 0) is 19.1 Å². The molecule has 0 aliphatic carbocycles. The predicted molar refractivity (Wildman–Crippen MR) is 58.2 cm³/mol. The van der Waals surface area contributed by atoms with E-state index in [0.29, 0.717) is 5.89 Å². The Hall–Kier alpha value is -1.62. The zero-order valence-corrected chi connectivity index (χ0v) is 9.20. The quantitative estimate of drug-likeness (QED) is 0.838. The van der Waals surface area contributed by atoms with Crippen LogP contribution in [0.4, 0.5) is 16.1 Å². The SMILES string of the molecule is CC(Cl)c1nnc(Nc2ccccc2F)o1. The highest BCUT2D eigenvalue weighted by Crippen LogP contribution is 2.22. The highest BCUT2D eigenvalue weighted by atomic mass is 35.5. The van der Waals surface area contributed by atoms with Crippen molar-refractivity contribution in [2.75, 3.05) is 5.32 Å². The maximum absolute atomic E-state index is 13.3. The van der Waals surface area contributed by atoms with E-state index in [1.54, 1.807) is 25.1 Å². The summed E-state index contributed by atoms with van der Waals surface area (Å²) in [5.41, 5.74) is 0.278. The summed E-state index contributed by atoms with van der Waals surface area (Å²) >= 11 is 5.75. The van der Waals surface area contributed by atoms with Gasteiger partial charge in [0.25, 0.3) is 0 Å². The van der Waals surface area contributed by atoms with E-state index in [-0.39, 0.29) is 22.9 Å². The average Bonchev–Trinajstić information content (AvgIpc) is 2.70. The Kier molecular flexibility index (Phi) is 3.05. The lowest BCUT2D eigenvalue weighted by Gasteiger charge is -2.01. The number of para-hydroxylation sites is 1. The van der Waals surface area contributed by atoms with E-state index in [0.717, 1.165) is 0 Å². The Morgan fingerprint density at radius 3 is 2.75 bits per heavy atom. The molecule has 0 spiro atoms. The number of alkyl halides is 1. The monoisotopic (exact) mass is 241 g/mol. The molecule has 0 saturated carbocycles. The van der Waals surface area contributed by atoms with Gasteiger partial charge in [0.2, 0.25) is 5.89 Å². The number of aromatic nitrogens is 2. The number of hydrogen-bond acceptors (Lipinski definition) is 4. The molecule has 1 aromatic carbocycles. The van der Waals surface area contributed by atoms with E-state index < -0.39 is 0 Å². The third-order valence-electron chi connectivity index (χ3n) is 1.90. The molecule has 1 unspecified atom stereocenters. The molecule has 0 amide bonds. The molecule has 6 heteroatoms. The fraction of sp³-hybridized carbons (Fsp3) is 0.200. The van der Waals surface area contributed by atoms with Gasteiger partial charge >= 0.3 is 6.01 Å². The van der Waals surface area contributed by atoms with Gasteiger partial charge in [0.05, 0.1) is 5.69 Å². The molecule has 1 atom stereocenters. The van der Waals surface area contributed by atoms with Crippen LogP contribution in [-0.4, -0.2) is 10.2 Å². The summed E-state index contributed by atoms with van der Waals surface area (Å²) in [4.78, 5) is 0. The topological polar surface area (TPSA) is 51.0 Å². The lowest BCUT2D eigenvalue weighted by molar-refractivity contribution is 0.509. The minimum absolute atomic E-state index is 0.118. The van der Waals surface area contributed by atoms with Crippen LogP contribution in [0, 0.1) is 5.82 Å². The molecule has 2 aromatic rings. The molecule has 1 aromatic heterocycles. The molecule has 2 rings (SSSR count). The van der Waals surface area contributed by atoms with Crippen LogP contribution in [0.3, 0.4) is 0 Å². The van der Waals surface area contributed by atoms with Crippen molar-refractivity contribution in [2.24, 2.45) is 0 Å². The Morgan fingerprint density at radius 2 is 2.12 bits per heavy atom. The predicted octanol–water partition coefficient (Wildman–Crippen LogP) is 3.25. The average molecular weight is 242 g/mol. The Labute approximate surface area is 96.4 Å². The first-order valence-corrected chi connectivity index (χ1v) is 5.09. The second kappa shape index (κ2) is 4.49. The molecule has 0 saturated heterocycles. The Balaban J connectivity index is 2.18. The number of benzene rings is 1. The summed E-state index contributed by atoms with van der Waals surface area (Å²) in [6.45, 7) is 1.71. The van der Waals surface area contributed by atoms with Crippen LogP contribution in [0.1, 0.15) is 18.2 Å². The van der Waals surface area contributed by atoms with Gasteiger partial charge in [0.15, 0.2) is 0 Å². The van der Waals surface area contributed by atoms with Crippen LogP contribution in [-0.2, 0) is 0 Å². The summed E-state index contributed by atoms with van der Waals surface area (Å²) < 4.78 is 18.4.